The van der Waals surface area contributed by atoms with Crippen LogP contribution in [0, 0.1) is 25.7 Å². The van der Waals surface area contributed by atoms with Gasteiger partial charge in [0.2, 0.25) is 0 Å². The number of anilines is 1. The summed E-state index contributed by atoms with van der Waals surface area (Å²) >= 11 is 0.446. The SMILES string of the molecule is CCC(C)/C=C(\C(C)CC)C(CCCc1cccc(NO[N](C)[Hg])c1)c1cccc(C)c1C. The molecule has 0 heterocycles. The number of allylic oxidation sites excluding steroid dienone is 2. The van der Waals surface area contributed by atoms with E-state index in [4.69, 9.17) is 4.94 Å². The number of rotatable bonds is 13. The maximum atomic E-state index is 5.49. The number of nitrogens with zero attached hydrogens (tertiary/aromatic N) is 1. The van der Waals surface area contributed by atoms with Crippen LogP contribution in [0.1, 0.15) is 81.5 Å². The fraction of sp³-hybridized carbons (Fsp3) is 0.517. The van der Waals surface area contributed by atoms with Crippen molar-refractivity contribution >= 4 is 5.69 Å². The van der Waals surface area contributed by atoms with E-state index in [9.17, 15) is 0 Å². The zero-order chi connectivity index (χ0) is 24.4. The van der Waals surface area contributed by atoms with Gasteiger partial charge >= 0.3 is 142 Å². The topological polar surface area (TPSA) is 24.5 Å². The van der Waals surface area contributed by atoms with Gasteiger partial charge in [0.1, 0.15) is 0 Å². The molecule has 0 saturated heterocycles. The molecule has 3 unspecified atom stereocenters. The first-order chi connectivity index (χ1) is 15.8. The fourth-order valence-electron chi connectivity index (χ4n) is 4.39. The van der Waals surface area contributed by atoms with Crippen molar-refractivity contribution in [3.05, 3.63) is 76.4 Å². The second kappa shape index (κ2) is 14.3. The molecule has 2 aromatic carbocycles. The van der Waals surface area contributed by atoms with E-state index in [1.54, 1.807) is 5.57 Å². The summed E-state index contributed by atoms with van der Waals surface area (Å²) in [6.07, 6.45) is 8.39. The molecular weight excluding hydrogens is 593 g/mol. The Hall–Kier alpha value is -1.16. The number of hydroxylamine groups is 1. The first kappa shape index (κ1) is 28.1. The number of hydrogen-bond acceptors (Lipinski definition) is 3. The first-order valence-electron chi connectivity index (χ1n) is 12.6. The van der Waals surface area contributed by atoms with Crippen molar-refractivity contribution in [2.24, 2.45) is 11.8 Å². The standard InChI is InChI=1S/C29H43N2O.Hg/c1-8-21(3)19-29(22(4)9-2)28(27-17-10-13-23(5)24(27)6)18-12-15-25-14-11-16-26(20-25)31-32-30-7;/h10-11,13-14,16-17,19-22,28,31H,8-9,12,15,18H2,1-7H3;/q-1;+1/b29-19+;. The van der Waals surface area contributed by atoms with Crippen LogP contribution in [0.5, 0.6) is 0 Å². The van der Waals surface area contributed by atoms with Gasteiger partial charge in [-0.3, -0.25) is 0 Å². The predicted octanol–water partition coefficient (Wildman–Crippen LogP) is 8.08. The Labute approximate surface area is 219 Å². The number of benzene rings is 2. The van der Waals surface area contributed by atoms with Crippen molar-refractivity contribution < 1.29 is 31.4 Å². The zero-order valence-electron chi connectivity index (χ0n) is 21.9. The number of nitrogens with one attached hydrogen (secondary N) is 1. The van der Waals surface area contributed by atoms with Crippen LogP contribution in [0.15, 0.2) is 54.1 Å². The molecule has 0 aliphatic heterocycles. The molecule has 1 N–H and O–H groups in total. The van der Waals surface area contributed by atoms with E-state index in [0.717, 1.165) is 12.1 Å². The van der Waals surface area contributed by atoms with Gasteiger partial charge in [0.15, 0.2) is 0 Å². The van der Waals surface area contributed by atoms with Gasteiger partial charge in [-0.15, -0.1) is 0 Å². The fourth-order valence-corrected chi connectivity index (χ4v) is 4.64. The van der Waals surface area contributed by atoms with Gasteiger partial charge in [-0.1, -0.05) is 46.2 Å². The van der Waals surface area contributed by atoms with Gasteiger partial charge in [-0.25, -0.2) is 0 Å². The molecule has 2 aromatic rings. The minimum atomic E-state index is 0.446. The summed E-state index contributed by atoms with van der Waals surface area (Å²) in [6.45, 7) is 13.9. The molecule has 0 aliphatic rings. The van der Waals surface area contributed by atoms with Crippen molar-refractivity contribution in [2.45, 2.75) is 79.6 Å². The molecule has 0 bridgehead atoms. The summed E-state index contributed by atoms with van der Waals surface area (Å²) in [5.74, 6) is 1.70. The molecule has 2 rings (SSSR count). The van der Waals surface area contributed by atoms with E-state index in [0.29, 0.717) is 44.2 Å². The zero-order valence-corrected chi connectivity index (χ0v) is 27.4. The summed E-state index contributed by atoms with van der Waals surface area (Å²) in [7, 11) is 1.95. The van der Waals surface area contributed by atoms with Crippen molar-refractivity contribution in [1.82, 2.24) is 2.83 Å². The summed E-state index contributed by atoms with van der Waals surface area (Å²) in [4.78, 5) is 5.49. The Morgan fingerprint density at radius 1 is 1.09 bits per heavy atom. The van der Waals surface area contributed by atoms with Crippen LogP contribution in [0.4, 0.5) is 5.69 Å². The predicted molar refractivity (Wildman–Crippen MR) is 138 cm³/mol. The smallest absolute Gasteiger partial charge is 0.0617 e. The molecule has 177 valence electrons. The molecule has 0 aromatic heterocycles. The van der Waals surface area contributed by atoms with Gasteiger partial charge < -0.3 is 0 Å². The third kappa shape index (κ3) is 8.85. The van der Waals surface area contributed by atoms with Crippen LogP contribution in [0.25, 0.3) is 0 Å². The van der Waals surface area contributed by atoms with Crippen molar-refractivity contribution in [1.29, 1.82) is 0 Å². The van der Waals surface area contributed by atoms with E-state index in [2.05, 4.69) is 95.6 Å². The van der Waals surface area contributed by atoms with Gasteiger partial charge in [0.05, 0.1) is 0 Å². The van der Waals surface area contributed by atoms with E-state index in [1.165, 1.54) is 47.9 Å². The first-order valence-corrected chi connectivity index (χ1v) is 15.1. The van der Waals surface area contributed by atoms with Crippen LogP contribution < -0.4 is 5.48 Å². The van der Waals surface area contributed by atoms with Crippen LogP contribution in [0.2, 0.25) is 0 Å². The van der Waals surface area contributed by atoms with Crippen molar-refractivity contribution in [3.8, 4) is 0 Å². The molecule has 0 amide bonds. The Morgan fingerprint density at radius 3 is 2.48 bits per heavy atom. The van der Waals surface area contributed by atoms with E-state index in [1.807, 2.05) is 9.87 Å². The summed E-state index contributed by atoms with van der Waals surface area (Å²) < 4.78 is 1.85. The average molecular weight is 636 g/mol. The molecule has 0 fully saturated rings. The molecule has 0 aliphatic carbocycles. The summed E-state index contributed by atoms with van der Waals surface area (Å²) in [5, 5.41) is 0. The van der Waals surface area contributed by atoms with Gasteiger partial charge in [-0.2, -0.15) is 0 Å². The van der Waals surface area contributed by atoms with Crippen LogP contribution in [0.3, 0.4) is 0 Å². The van der Waals surface area contributed by atoms with Crippen molar-refractivity contribution in [3.63, 3.8) is 0 Å². The molecular formula is C29H43HgN2O. The Morgan fingerprint density at radius 2 is 1.82 bits per heavy atom. The minimum absolute atomic E-state index is 0.446. The Bertz CT molecular complexity index is 893. The molecule has 3 atom stereocenters. The third-order valence-electron chi connectivity index (χ3n) is 6.93. The number of aryl methyl sites for hydroxylation is 2. The average Bonchev–Trinajstić information content (AvgIpc) is 2.81. The van der Waals surface area contributed by atoms with Crippen LogP contribution in [-0.4, -0.2) is 9.87 Å². The Balaban J connectivity index is 2.27. The quantitative estimate of drug-likeness (QED) is 0.137. The molecule has 33 heavy (non-hydrogen) atoms. The molecule has 4 heteroatoms. The Kier molecular flexibility index (Phi) is 12.2. The van der Waals surface area contributed by atoms with Crippen molar-refractivity contribution in [2.75, 3.05) is 12.5 Å². The second-order valence-corrected chi connectivity index (χ2v) is 13.1. The van der Waals surface area contributed by atoms with Gasteiger partial charge in [0, 0.05) is 0 Å². The van der Waals surface area contributed by atoms with E-state index in [-0.39, 0.29) is 0 Å². The summed E-state index contributed by atoms with van der Waals surface area (Å²) in [5.41, 5.74) is 11.5. The third-order valence-corrected chi connectivity index (χ3v) is 7.43. The monoisotopic (exact) mass is 637 g/mol. The maximum absolute atomic E-state index is 5.49. The van der Waals surface area contributed by atoms with Crippen LogP contribution >= 0.6 is 0 Å². The second-order valence-electron chi connectivity index (χ2n) is 9.62. The number of hydrogen-bond donors (Lipinski definition) is 1. The van der Waals surface area contributed by atoms with Gasteiger partial charge in [-0.05, 0) is 31.7 Å². The van der Waals surface area contributed by atoms with E-state index >= 15 is 0 Å². The van der Waals surface area contributed by atoms with Gasteiger partial charge in [0.25, 0.3) is 0 Å². The molecule has 3 nitrogen and oxygen atoms in total. The molecule has 0 saturated carbocycles. The summed E-state index contributed by atoms with van der Waals surface area (Å²) in [6, 6.07) is 15.5. The van der Waals surface area contributed by atoms with Crippen LogP contribution in [-0.2, 0) is 37.8 Å². The molecule has 0 spiro atoms. The molecule has 0 radical (unpaired) electrons. The minimum Gasteiger partial charge on any atom is -0.0617 e. The van der Waals surface area contributed by atoms with E-state index < -0.39 is 0 Å². The normalized spacial score (nSPS) is 14.9.